The van der Waals surface area contributed by atoms with Crippen LogP contribution in [0.15, 0.2) is 35.5 Å². The first-order valence-corrected chi connectivity index (χ1v) is 18.5. The maximum atomic E-state index is 13.2. The number of ether oxygens (including phenoxy) is 7. The highest BCUT2D eigenvalue weighted by molar-refractivity contribution is 5.83. The summed E-state index contributed by atoms with van der Waals surface area (Å²) in [7, 11) is 2.51. The van der Waals surface area contributed by atoms with Crippen molar-refractivity contribution >= 4 is 23.9 Å². The monoisotopic (exact) mass is 766 g/mol. The molecule has 0 aliphatic carbocycles. The number of aliphatic hydroxyl groups is 4. The second-order valence-electron chi connectivity index (χ2n) is 16.2. The molecule has 0 aromatic rings. The molecule has 0 aromatic carbocycles. The van der Waals surface area contributed by atoms with E-state index in [0.717, 1.165) is 0 Å². The van der Waals surface area contributed by atoms with Crippen LogP contribution in [0.4, 0.5) is 0 Å². The maximum absolute atomic E-state index is 13.2. The number of carbonyl (C=O) groups is 4. The summed E-state index contributed by atoms with van der Waals surface area (Å²) in [4.78, 5) is 50.1. The van der Waals surface area contributed by atoms with E-state index >= 15 is 0 Å². The van der Waals surface area contributed by atoms with Crippen LogP contribution in [-0.4, -0.2) is 119 Å². The van der Waals surface area contributed by atoms with Gasteiger partial charge < -0.3 is 53.6 Å². The van der Waals surface area contributed by atoms with Crippen molar-refractivity contribution in [3.8, 4) is 0 Å². The van der Waals surface area contributed by atoms with Gasteiger partial charge >= 0.3 is 23.9 Å². The Balaban J connectivity index is 1.80. The Kier molecular flexibility index (Phi) is 14.0. The fraction of sp³-hybridized carbons (Fsp3) is 0.744. The summed E-state index contributed by atoms with van der Waals surface area (Å²) >= 11 is 0. The number of rotatable bonds is 4. The lowest BCUT2D eigenvalue weighted by atomic mass is 9.70. The van der Waals surface area contributed by atoms with Crippen LogP contribution in [0.3, 0.4) is 0 Å². The van der Waals surface area contributed by atoms with Crippen molar-refractivity contribution in [2.45, 2.75) is 160 Å². The first-order valence-electron chi connectivity index (χ1n) is 18.5. The van der Waals surface area contributed by atoms with E-state index in [1.165, 1.54) is 40.2 Å². The molecule has 3 fully saturated rings. The molecule has 10 atom stereocenters. The second kappa shape index (κ2) is 17.3. The zero-order chi connectivity index (χ0) is 40.2. The molecule has 304 valence electrons. The Hall–Kier alpha value is -3.18. The highest BCUT2D eigenvalue weighted by Crippen LogP contribution is 2.50. The number of hydrogen-bond donors (Lipinski definition) is 4. The second-order valence-corrected chi connectivity index (χ2v) is 16.2. The van der Waals surface area contributed by atoms with Gasteiger partial charge in [-0.3, -0.25) is 9.59 Å². The van der Waals surface area contributed by atoms with E-state index in [1.807, 2.05) is 0 Å². The van der Waals surface area contributed by atoms with Crippen LogP contribution in [0, 0.1) is 10.8 Å². The summed E-state index contributed by atoms with van der Waals surface area (Å²) in [6.45, 7) is 9.58. The van der Waals surface area contributed by atoms with Gasteiger partial charge in [-0.15, -0.1) is 0 Å². The van der Waals surface area contributed by atoms with Gasteiger partial charge in [0.2, 0.25) is 0 Å². The molecule has 10 unspecified atom stereocenters. The molecular formula is C39H58O15. The topological polar surface area (TPSA) is 214 Å². The summed E-state index contributed by atoms with van der Waals surface area (Å²) in [5.41, 5.74) is -1.15. The molecule has 54 heavy (non-hydrogen) atoms. The quantitative estimate of drug-likeness (QED) is 0.140. The molecule has 4 N–H and O–H groups in total. The highest BCUT2D eigenvalue weighted by Gasteiger charge is 2.58. The van der Waals surface area contributed by atoms with Crippen molar-refractivity contribution in [1.82, 2.24) is 0 Å². The van der Waals surface area contributed by atoms with Crippen LogP contribution in [0.1, 0.15) is 99.3 Å². The largest absolute Gasteiger partial charge is 0.466 e. The highest BCUT2D eigenvalue weighted by atomic mass is 16.6. The first-order chi connectivity index (χ1) is 25.1. The van der Waals surface area contributed by atoms with Crippen LogP contribution >= 0.6 is 0 Å². The smallest absolute Gasteiger partial charge is 0.330 e. The third-order valence-electron chi connectivity index (χ3n) is 11.1. The zero-order valence-corrected chi connectivity index (χ0v) is 32.6. The van der Waals surface area contributed by atoms with E-state index in [4.69, 9.17) is 33.2 Å². The number of esters is 4. The van der Waals surface area contributed by atoms with Gasteiger partial charge in [-0.1, -0.05) is 51.0 Å². The molecule has 3 saturated heterocycles. The van der Waals surface area contributed by atoms with E-state index in [1.54, 1.807) is 39.8 Å². The average Bonchev–Trinajstić information content (AvgIpc) is 3.04. The Morgan fingerprint density at radius 1 is 0.870 bits per heavy atom. The SMILES string of the molecule is COC(=O)C=C1CC2C=CC(C)(C)C3(O)CC(=CC(=O)OC)CC(CC(C(C)O)OC(=O)CC(O)CC4CC(OC(C)=O)C(C)(C)C(O)(CC(C1)O2)O4)O3. The lowest BCUT2D eigenvalue weighted by Gasteiger charge is -2.53. The lowest BCUT2D eigenvalue weighted by molar-refractivity contribution is -0.348. The first kappa shape index (κ1) is 43.5. The van der Waals surface area contributed by atoms with Gasteiger partial charge in [0.1, 0.15) is 12.2 Å². The molecule has 6 bridgehead atoms. The summed E-state index contributed by atoms with van der Waals surface area (Å²) in [6, 6.07) is 0. The van der Waals surface area contributed by atoms with Gasteiger partial charge in [-0.2, -0.15) is 0 Å². The summed E-state index contributed by atoms with van der Waals surface area (Å²) in [5.74, 6) is -6.48. The minimum Gasteiger partial charge on any atom is -0.466 e. The van der Waals surface area contributed by atoms with Gasteiger partial charge in [-0.25, -0.2) is 9.59 Å². The fourth-order valence-electron chi connectivity index (χ4n) is 7.73. The van der Waals surface area contributed by atoms with Crippen molar-refractivity contribution in [3.05, 3.63) is 35.5 Å². The summed E-state index contributed by atoms with van der Waals surface area (Å²) in [5, 5.41) is 46.3. The number of methoxy groups -OCH3 is 2. The molecule has 0 radical (unpaired) electrons. The zero-order valence-electron chi connectivity index (χ0n) is 32.6. The van der Waals surface area contributed by atoms with Crippen LogP contribution in [-0.2, 0) is 52.3 Å². The lowest BCUT2D eigenvalue weighted by Crippen LogP contribution is -2.62. The molecule has 4 aliphatic heterocycles. The Morgan fingerprint density at radius 2 is 1.48 bits per heavy atom. The summed E-state index contributed by atoms with van der Waals surface area (Å²) in [6.07, 6.45) is -1.51. The fourth-order valence-corrected chi connectivity index (χ4v) is 7.73. The van der Waals surface area contributed by atoms with Crippen LogP contribution in [0.2, 0.25) is 0 Å². The molecule has 15 nitrogen and oxygen atoms in total. The minimum absolute atomic E-state index is 0.0624. The number of hydrogen-bond acceptors (Lipinski definition) is 15. The van der Waals surface area contributed by atoms with Gasteiger partial charge in [0, 0.05) is 56.6 Å². The van der Waals surface area contributed by atoms with Gasteiger partial charge in [0.05, 0.1) is 62.7 Å². The molecule has 4 rings (SSSR count). The van der Waals surface area contributed by atoms with Crippen molar-refractivity contribution < 1.29 is 72.8 Å². The standard InChI is InChI=1S/C39H58O15/c1-22(40)31-18-28-13-25(15-34(44)49-8)20-38(46,53-28)36(3,4)10-9-27-11-24(14-33(43)48-7)12-30(51-27)21-39(47)37(5,6)32(50-23(2)41)19-29(54-39)16-26(42)17-35(45)52-31/h9-10,14-15,22,26-32,40,42,46-47H,11-13,16-21H2,1-8H3. The Labute approximate surface area is 316 Å². The van der Waals surface area contributed by atoms with E-state index in [-0.39, 0.29) is 51.4 Å². The molecule has 4 aliphatic rings. The summed E-state index contributed by atoms with van der Waals surface area (Å²) < 4.78 is 40.3. The predicted molar refractivity (Wildman–Crippen MR) is 190 cm³/mol. The van der Waals surface area contributed by atoms with Crippen molar-refractivity contribution in [3.63, 3.8) is 0 Å². The molecule has 0 saturated carbocycles. The van der Waals surface area contributed by atoms with Crippen LogP contribution < -0.4 is 0 Å². The molecule has 0 spiro atoms. The number of carbonyl (C=O) groups excluding carboxylic acids is 4. The number of fused-ring (bicyclic) bond motifs is 6. The maximum Gasteiger partial charge on any atom is 0.330 e. The van der Waals surface area contributed by atoms with Gasteiger partial charge in [0.15, 0.2) is 11.6 Å². The molecule has 15 heteroatoms. The number of cyclic esters (lactones) is 1. The van der Waals surface area contributed by atoms with Crippen LogP contribution in [0.25, 0.3) is 0 Å². The average molecular weight is 767 g/mol. The third-order valence-corrected chi connectivity index (χ3v) is 11.1. The van der Waals surface area contributed by atoms with Crippen LogP contribution in [0.5, 0.6) is 0 Å². The van der Waals surface area contributed by atoms with Gasteiger partial charge in [-0.05, 0) is 26.2 Å². The van der Waals surface area contributed by atoms with E-state index < -0.39 is 102 Å². The van der Waals surface area contributed by atoms with E-state index in [2.05, 4.69) is 0 Å². The van der Waals surface area contributed by atoms with Crippen molar-refractivity contribution in [1.29, 1.82) is 0 Å². The van der Waals surface area contributed by atoms with E-state index in [0.29, 0.717) is 11.1 Å². The molecule has 0 amide bonds. The normalized spacial score (nSPS) is 38.1. The molecular weight excluding hydrogens is 708 g/mol. The third kappa shape index (κ3) is 10.6. The Morgan fingerprint density at radius 3 is 2.09 bits per heavy atom. The molecule has 0 aromatic heterocycles. The van der Waals surface area contributed by atoms with E-state index in [9.17, 15) is 39.6 Å². The molecule has 4 heterocycles. The minimum atomic E-state index is -1.98. The number of aliphatic hydroxyl groups excluding tert-OH is 2. The van der Waals surface area contributed by atoms with Crippen molar-refractivity contribution in [2.24, 2.45) is 10.8 Å². The Bertz CT molecular complexity index is 1480. The van der Waals surface area contributed by atoms with Gasteiger partial charge in [0.25, 0.3) is 0 Å². The van der Waals surface area contributed by atoms with Crippen molar-refractivity contribution in [2.75, 3.05) is 14.2 Å². The predicted octanol–water partition coefficient (Wildman–Crippen LogP) is 2.85.